The maximum absolute atomic E-state index is 13.7. The van der Waals surface area contributed by atoms with Crippen molar-refractivity contribution < 1.29 is 9.59 Å². The summed E-state index contributed by atoms with van der Waals surface area (Å²) in [6, 6.07) is 22.9. The third kappa shape index (κ3) is 3.33. The Kier molecular flexibility index (Phi) is 4.87. The van der Waals surface area contributed by atoms with Gasteiger partial charge in [-0.3, -0.25) is 9.59 Å². The van der Waals surface area contributed by atoms with Gasteiger partial charge < -0.3 is 4.90 Å². The zero-order valence-electron chi connectivity index (χ0n) is 17.1. The van der Waals surface area contributed by atoms with Gasteiger partial charge in [0.2, 0.25) is 0 Å². The summed E-state index contributed by atoms with van der Waals surface area (Å²) in [6.45, 7) is 3.16. The number of hydrogen-bond acceptors (Lipinski definition) is 3. The predicted molar refractivity (Wildman–Crippen MR) is 123 cm³/mol. The minimum Gasteiger partial charge on any atom is -0.362 e. The van der Waals surface area contributed by atoms with Gasteiger partial charge in [0.1, 0.15) is 5.70 Å². The number of imide groups is 1. The molecule has 0 aromatic heterocycles. The van der Waals surface area contributed by atoms with Gasteiger partial charge in [0, 0.05) is 18.1 Å². The van der Waals surface area contributed by atoms with Crippen LogP contribution in [-0.4, -0.2) is 23.3 Å². The molecular weight excluding hydrogens is 408 g/mol. The van der Waals surface area contributed by atoms with E-state index in [0.717, 1.165) is 17.5 Å². The van der Waals surface area contributed by atoms with E-state index in [9.17, 15) is 9.59 Å². The smallest absolute Gasteiger partial charge is 0.282 e. The van der Waals surface area contributed by atoms with Crippen LogP contribution in [0.1, 0.15) is 22.3 Å². The highest BCUT2D eigenvalue weighted by molar-refractivity contribution is 6.45. The fourth-order valence-corrected chi connectivity index (χ4v) is 4.68. The van der Waals surface area contributed by atoms with Crippen molar-refractivity contribution in [2.24, 2.45) is 0 Å². The van der Waals surface area contributed by atoms with E-state index in [2.05, 4.69) is 17.0 Å². The van der Waals surface area contributed by atoms with E-state index in [1.807, 2.05) is 49.4 Å². The lowest BCUT2D eigenvalue weighted by molar-refractivity contribution is -0.120. The molecule has 2 aliphatic heterocycles. The molecule has 5 rings (SSSR count). The van der Waals surface area contributed by atoms with Gasteiger partial charge in [0.15, 0.2) is 0 Å². The topological polar surface area (TPSA) is 40.6 Å². The van der Waals surface area contributed by atoms with Crippen LogP contribution in [0.5, 0.6) is 0 Å². The van der Waals surface area contributed by atoms with E-state index >= 15 is 0 Å². The van der Waals surface area contributed by atoms with Gasteiger partial charge in [-0.25, -0.2) is 4.90 Å². The summed E-state index contributed by atoms with van der Waals surface area (Å²) in [7, 11) is 0. The van der Waals surface area contributed by atoms with Crippen molar-refractivity contribution >= 4 is 34.7 Å². The van der Waals surface area contributed by atoms with Crippen molar-refractivity contribution in [3.05, 3.63) is 106 Å². The summed E-state index contributed by atoms with van der Waals surface area (Å²) >= 11 is 6.11. The van der Waals surface area contributed by atoms with Crippen LogP contribution in [0.25, 0.3) is 5.57 Å². The minimum atomic E-state index is -0.296. The Morgan fingerprint density at radius 2 is 1.55 bits per heavy atom. The minimum absolute atomic E-state index is 0.284. The van der Waals surface area contributed by atoms with Crippen molar-refractivity contribution in [2.45, 2.75) is 19.9 Å². The van der Waals surface area contributed by atoms with Gasteiger partial charge in [0.05, 0.1) is 11.3 Å². The number of anilines is 1. The van der Waals surface area contributed by atoms with Crippen LogP contribution in [0, 0.1) is 6.92 Å². The van der Waals surface area contributed by atoms with E-state index in [1.165, 1.54) is 16.0 Å². The molecule has 3 aromatic rings. The molecular formula is C26H21ClN2O2. The molecule has 2 amide bonds. The summed E-state index contributed by atoms with van der Waals surface area (Å²) in [5.74, 6) is -0.580. The SMILES string of the molecule is Cc1cc(Cl)ccc1N1C(=O)C(c2ccccc2)=C(N2CCc3ccccc3C2)C1=O. The Hall–Kier alpha value is -3.37. The van der Waals surface area contributed by atoms with Gasteiger partial charge >= 0.3 is 0 Å². The third-order valence-corrected chi connectivity index (χ3v) is 6.20. The largest absolute Gasteiger partial charge is 0.362 e. The van der Waals surface area contributed by atoms with Gasteiger partial charge in [-0.1, -0.05) is 66.2 Å². The zero-order valence-corrected chi connectivity index (χ0v) is 17.9. The maximum atomic E-state index is 13.7. The molecule has 0 saturated heterocycles. The van der Waals surface area contributed by atoms with Crippen molar-refractivity contribution in [1.82, 2.24) is 4.90 Å². The van der Waals surface area contributed by atoms with Gasteiger partial charge in [0.25, 0.3) is 11.8 Å². The third-order valence-electron chi connectivity index (χ3n) is 5.97. The number of nitrogens with zero attached hydrogens (tertiary/aromatic N) is 2. The van der Waals surface area contributed by atoms with Crippen LogP contribution in [0.4, 0.5) is 5.69 Å². The first kappa shape index (κ1) is 19.6. The molecule has 2 aliphatic rings. The quantitative estimate of drug-likeness (QED) is 0.552. The molecule has 0 N–H and O–H groups in total. The Labute approximate surface area is 186 Å². The van der Waals surface area contributed by atoms with Gasteiger partial charge in [-0.05, 0) is 53.8 Å². The number of carbonyl (C=O) groups is 2. The molecule has 0 saturated carbocycles. The fraction of sp³-hybridized carbons (Fsp3) is 0.154. The number of halogens is 1. The van der Waals surface area contributed by atoms with Crippen LogP contribution in [0.15, 0.2) is 78.5 Å². The summed E-state index contributed by atoms with van der Waals surface area (Å²) in [5, 5.41) is 0.574. The molecule has 0 spiro atoms. The van der Waals surface area contributed by atoms with E-state index in [-0.39, 0.29) is 11.8 Å². The van der Waals surface area contributed by atoms with E-state index in [4.69, 9.17) is 11.6 Å². The van der Waals surface area contributed by atoms with E-state index < -0.39 is 0 Å². The van der Waals surface area contributed by atoms with E-state index in [1.54, 1.807) is 18.2 Å². The standard InChI is InChI=1S/C26H21ClN2O2/c1-17-15-21(27)11-12-22(17)29-25(30)23(19-8-3-2-4-9-19)24(26(29)31)28-14-13-18-7-5-6-10-20(18)16-28/h2-12,15H,13-14,16H2,1H3. The molecule has 0 atom stereocenters. The summed E-state index contributed by atoms with van der Waals surface area (Å²) in [6.07, 6.45) is 0.836. The number of rotatable bonds is 3. The molecule has 4 nitrogen and oxygen atoms in total. The second kappa shape index (κ2) is 7.71. The molecule has 0 radical (unpaired) electrons. The van der Waals surface area contributed by atoms with Crippen molar-refractivity contribution in [3.63, 3.8) is 0 Å². The molecule has 0 bridgehead atoms. The number of carbonyl (C=O) groups excluding carboxylic acids is 2. The second-order valence-corrected chi connectivity index (χ2v) is 8.34. The number of fused-ring (bicyclic) bond motifs is 1. The highest BCUT2D eigenvalue weighted by Gasteiger charge is 2.43. The lowest BCUT2D eigenvalue weighted by atomic mass is 9.98. The molecule has 5 heteroatoms. The molecule has 0 fully saturated rings. The first-order valence-electron chi connectivity index (χ1n) is 10.3. The van der Waals surface area contributed by atoms with E-state index in [0.29, 0.717) is 35.1 Å². The number of amides is 2. The molecule has 154 valence electrons. The Balaban J connectivity index is 1.63. The average Bonchev–Trinajstić information content (AvgIpc) is 3.04. The monoisotopic (exact) mass is 428 g/mol. The highest BCUT2D eigenvalue weighted by atomic mass is 35.5. The van der Waals surface area contributed by atoms with Crippen LogP contribution in [-0.2, 0) is 22.6 Å². The van der Waals surface area contributed by atoms with Crippen LogP contribution in [0.2, 0.25) is 5.02 Å². The Morgan fingerprint density at radius 3 is 2.29 bits per heavy atom. The summed E-state index contributed by atoms with van der Waals surface area (Å²) in [5.41, 5.74) is 5.52. The maximum Gasteiger partial charge on any atom is 0.282 e. The fourth-order valence-electron chi connectivity index (χ4n) is 4.45. The predicted octanol–water partition coefficient (Wildman–Crippen LogP) is 4.99. The Morgan fingerprint density at radius 1 is 0.839 bits per heavy atom. The summed E-state index contributed by atoms with van der Waals surface area (Å²) < 4.78 is 0. The second-order valence-electron chi connectivity index (χ2n) is 7.91. The van der Waals surface area contributed by atoms with Crippen molar-refractivity contribution in [1.29, 1.82) is 0 Å². The number of aryl methyl sites for hydroxylation is 1. The van der Waals surface area contributed by atoms with Crippen LogP contribution < -0.4 is 4.90 Å². The number of hydrogen-bond donors (Lipinski definition) is 0. The molecule has 2 heterocycles. The lowest BCUT2D eigenvalue weighted by Gasteiger charge is -2.31. The van der Waals surface area contributed by atoms with Crippen LogP contribution >= 0.6 is 11.6 Å². The lowest BCUT2D eigenvalue weighted by Crippen LogP contribution is -2.37. The van der Waals surface area contributed by atoms with Crippen molar-refractivity contribution in [3.8, 4) is 0 Å². The number of benzene rings is 3. The Bertz CT molecular complexity index is 1230. The molecule has 3 aromatic carbocycles. The van der Waals surface area contributed by atoms with Crippen molar-refractivity contribution in [2.75, 3.05) is 11.4 Å². The first-order chi connectivity index (χ1) is 15.0. The molecule has 0 unspecified atom stereocenters. The highest BCUT2D eigenvalue weighted by Crippen LogP contribution is 2.38. The molecule has 31 heavy (non-hydrogen) atoms. The average molecular weight is 429 g/mol. The normalized spacial score (nSPS) is 16.2. The first-order valence-corrected chi connectivity index (χ1v) is 10.7. The van der Waals surface area contributed by atoms with Gasteiger partial charge in [-0.2, -0.15) is 0 Å². The van der Waals surface area contributed by atoms with Gasteiger partial charge in [-0.15, -0.1) is 0 Å². The van der Waals surface area contributed by atoms with Crippen LogP contribution in [0.3, 0.4) is 0 Å². The molecule has 0 aliphatic carbocycles. The zero-order chi connectivity index (χ0) is 21.5. The summed E-state index contributed by atoms with van der Waals surface area (Å²) in [4.78, 5) is 30.7.